The molecular weight excluding hydrogens is 230 g/mol. The van der Waals surface area contributed by atoms with Gasteiger partial charge in [-0.25, -0.2) is 4.79 Å². The van der Waals surface area contributed by atoms with Crippen LogP contribution < -0.4 is 5.32 Å². The van der Waals surface area contributed by atoms with Gasteiger partial charge in [-0.05, 0) is 6.08 Å². The Balaban J connectivity index is 0. The molecule has 0 radical (unpaired) electrons. The molecule has 0 aliphatic rings. The molecule has 0 saturated heterocycles. The maximum Gasteiger partial charge on any atom is 0.327 e. The van der Waals surface area contributed by atoms with E-state index < -0.39 is 37.2 Å². The molecule has 1 amide bonds. The van der Waals surface area contributed by atoms with Crippen LogP contribution in [0, 0.1) is 0 Å². The van der Waals surface area contributed by atoms with Gasteiger partial charge in [0.15, 0.2) is 0 Å². The third-order valence-corrected chi connectivity index (χ3v) is 1.66. The Morgan fingerprint density at radius 2 is 1.41 bits per heavy atom. The van der Waals surface area contributed by atoms with E-state index in [-0.39, 0.29) is 0 Å². The van der Waals surface area contributed by atoms with Gasteiger partial charge in [0, 0.05) is 6.08 Å². The second-order valence-corrected chi connectivity index (χ2v) is 2.99. The topological polar surface area (TPSA) is 127 Å². The van der Waals surface area contributed by atoms with Crippen molar-refractivity contribution in [3.63, 3.8) is 0 Å². The Labute approximate surface area is 98.7 Å². The van der Waals surface area contributed by atoms with Crippen LogP contribution in [0.3, 0.4) is 0 Å². The summed E-state index contributed by atoms with van der Waals surface area (Å²) in [6.45, 7) is 4.57. The largest absolute Gasteiger partial charge is 0.478 e. The molecule has 0 unspecified atom stereocenters. The lowest BCUT2D eigenvalue weighted by Crippen LogP contribution is -2.56. The number of hydrogen-bond acceptors (Lipinski definition) is 5. The van der Waals surface area contributed by atoms with Crippen molar-refractivity contribution in [3.8, 4) is 0 Å². The number of carbonyl (C=O) groups is 2. The lowest BCUT2D eigenvalue weighted by Gasteiger charge is -2.27. The van der Waals surface area contributed by atoms with Crippen LogP contribution in [0.2, 0.25) is 0 Å². The molecule has 0 atom stereocenters. The van der Waals surface area contributed by atoms with E-state index in [2.05, 4.69) is 18.5 Å². The second-order valence-electron chi connectivity index (χ2n) is 2.99. The molecule has 0 aliphatic heterocycles. The number of aliphatic hydroxyl groups is 3. The van der Waals surface area contributed by atoms with Gasteiger partial charge < -0.3 is 25.7 Å². The number of carboxylic acid groups (broad SMARTS) is 1. The smallest absolute Gasteiger partial charge is 0.327 e. The van der Waals surface area contributed by atoms with E-state index in [1.165, 1.54) is 0 Å². The van der Waals surface area contributed by atoms with Crippen LogP contribution in [0.1, 0.15) is 0 Å². The van der Waals surface area contributed by atoms with Gasteiger partial charge in [-0.3, -0.25) is 4.79 Å². The minimum atomic E-state index is -1.36. The monoisotopic (exact) mass is 247 g/mol. The van der Waals surface area contributed by atoms with Crippen molar-refractivity contribution in [1.29, 1.82) is 0 Å². The Kier molecular flexibility index (Phi) is 9.91. The normalized spacial score (nSPS) is 9.59. The van der Waals surface area contributed by atoms with Crippen LogP contribution in [-0.4, -0.2) is 57.7 Å². The van der Waals surface area contributed by atoms with Gasteiger partial charge in [0.1, 0.15) is 5.54 Å². The van der Waals surface area contributed by atoms with Crippen molar-refractivity contribution >= 4 is 11.9 Å². The number of aliphatic hydroxyl groups excluding tert-OH is 3. The second kappa shape index (κ2) is 9.52. The van der Waals surface area contributed by atoms with Gasteiger partial charge in [-0.1, -0.05) is 13.2 Å². The van der Waals surface area contributed by atoms with Crippen LogP contribution in [0.5, 0.6) is 0 Å². The number of amides is 1. The van der Waals surface area contributed by atoms with Crippen LogP contribution >= 0.6 is 0 Å². The van der Waals surface area contributed by atoms with Crippen molar-refractivity contribution in [2.24, 2.45) is 0 Å². The van der Waals surface area contributed by atoms with E-state index in [1.54, 1.807) is 0 Å². The third kappa shape index (κ3) is 8.14. The van der Waals surface area contributed by atoms with Gasteiger partial charge >= 0.3 is 5.97 Å². The molecule has 17 heavy (non-hydrogen) atoms. The first-order valence-corrected chi connectivity index (χ1v) is 4.54. The molecule has 5 N–H and O–H groups in total. The summed E-state index contributed by atoms with van der Waals surface area (Å²) in [6.07, 6.45) is 1.83. The molecule has 0 aliphatic carbocycles. The zero-order chi connectivity index (χ0) is 13.9. The van der Waals surface area contributed by atoms with E-state index in [0.29, 0.717) is 0 Å². The van der Waals surface area contributed by atoms with Gasteiger partial charge in [0.05, 0.1) is 19.8 Å². The first-order valence-electron chi connectivity index (χ1n) is 4.54. The van der Waals surface area contributed by atoms with Gasteiger partial charge in [-0.15, -0.1) is 0 Å². The highest BCUT2D eigenvalue weighted by Crippen LogP contribution is 2.00. The van der Waals surface area contributed by atoms with Gasteiger partial charge in [0.25, 0.3) is 0 Å². The zero-order valence-electron chi connectivity index (χ0n) is 9.30. The predicted octanol–water partition coefficient (Wildman–Crippen LogP) is -1.74. The van der Waals surface area contributed by atoms with E-state index in [4.69, 9.17) is 20.4 Å². The van der Waals surface area contributed by atoms with E-state index in [1.807, 2.05) is 0 Å². The van der Waals surface area contributed by atoms with Crippen molar-refractivity contribution in [3.05, 3.63) is 25.3 Å². The summed E-state index contributed by atoms with van der Waals surface area (Å²) in [5.41, 5.74) is -1.36. The van der Waals surface area contributed by atoms with Crippen molar-refractivity contribution in [2.45, 2.75) is 5.54 Å². The lowest BCUT2D eigenvalue weighted by atomic mass is 10.0. The molecule has 0 aromatic carbocycles. The van der Waals surface area contributed by atoms with Crippen molar-refractivity contribution < 1.29 is 30.0 Å². The molecule has 0 aromatic rings. The number of rotatable bonds is 6. The fourth-order valence-electron chi connectivity index (χ4n) is 0.581. The Morgan fingerprint density at radius 3 is 1.59 bits per heavy atom. The molecule has 0 saturated carbocycles. The zero-order valence-corrected chi connectivity index (χ0v) is 9.30. The van der Waals surface area contributed by atoms with E-state index in [0.717, 1.165) is 12.2 Å². The Hall–Kier alpha value is -1.70. The van der Waals surface area contributed by atoms with Crippen molar-refractivity contribution in [1.82, 2.24) is 5.32 Å². The molecule has 0 aromatic heterocycles. The third-order valence-electron chi connectivity index (χ3n) is 1.66. The Bertz CT molecular complexity index is 264. The lowest BCUT2D eigenvalue weighted by molar-refractivity contribution is -0.131. The minimum absolute atomic E-state index is 0.528. The highest BCUT2D eigenvalue weighted by Gasteiger charge is 2.28. The fourth-order valence-corrected chi connectivity index (χ4v) is 0.581. The van der Waals surface area contributed by atoms with Crippen LogP contribution in [0.15, 0.2) is 25.3 Å². The predicted molar refractivity (Wildman–Crippen MR) is 60.2 cm³/mol. The van der Waals surface area contributed by atoms with E-state index >= 15 is 0 Å². The SMILES string of the molecule is C=CC(=O)NC(CO)(CO)CO.C=CC(=O)O. The quantitative estimate of drug-likeness (QED) is 0.355. The van der Waals surface area contributed by atoms with Crippen LogP contribution in [0.25, 0.3) is 0 Å². The summed E-state index contributed by atoms with van der Waals surface area (Å²) in [7, 11) is 0. The summed E-state index contributed by atoms with van der Waals surface area (Å²) < 4.78 is 0. The highest BCUT2D eigenvalue weighted by molar-refractivity contribution is 5.87. The summed E-state index contributed by atoms with van der Waals surface area (Å²) in [4.78, 5) is 20.0. The molecule has 7 nitrogen and oxygen atoms in total. The summed E-state index contributed by atoms with van der Waals surface area (Å²) >= 11 is 0. The average molecular weight is 247 g/mol. The van der Waals surface area contributed by atoms with Crippen molar-refractivity contribution in [2.75, 3.05) is 19.8 Å². The van der Waals surface area contributed by atoms with E-state index in [9.17, 15) is 9.59 Å². The molecule has 7 heteroatoms. The average Bonchev–Trinajstić information content (AvgIpc) is 2.36. The number of hydrogen-bond donors (Lipinski definition) is 5. The number of carbonyl (C=O) groups excluding carboxylic acids is 1. The van der Waals surface area contributed by atoms with Gasteiger partial charge in [-0.2, -0.15) is 0 Å². The fraction of sp³-hybridized carbons (Fsp3) is 0.400. The molecule has 0 fully saturated rings. The highest BCUT2D eigenvalue weighted by atomic mass is 16.4. The number of aliphatic carboxylic acids is 1. The first kappa shape index (κ1) is 17.7. The summed E-state index contributed by atoms with van der Waals surface area (Å²) in [5.74, 6) is -1.53. The van der Waals surface area contributed by atoms with Crippen LogP contribution in [0.4, 0.5) is 0 Å². The standard InChI is InChI=1S/C7H13NO4.C3H4O2/c1-2-6(12)8-7(3-9,4-10)5-11;1-2-3(4)5/h2,9-11H,1,3-5H2,(H,8,12);2H,1H2,(H,4,5). The molecule has 0 spiro atoms. The maximum atomic E-state index is 10.7. The number of nitrogens with one attached hydrogen (secondary N) is 1. The molecular formula is C10H17NO6. The molecule has 0 bridgehead atoms. The molecule has 98 valence electrons. The molecule has 0 heterocycles. The molecule has 0 rings (SSSR count). The summed E-state index contributed by atoms with van der Waals surface area (Å²) in [5, 5.41) is 36.1. The summed E-state index contributed by atoms with van der Waals surface area (Å²) in [6, 6.07) is 0. The van der Waals surface area contributed by atoms with Gasteiger partial charge in [0.2, 0.25) is 5.91 Å². The maximum absolute atomic E-state index is 10.7. The van der Waals surface area contributed by atoms with Crippen LogP contribution in [-0.2, 0) is 9.59 Å². The minimum Gasteiger partial charge on any atom is -0.478 e. The number of carboxylic acids is 1. The Morgan fingerprint density at radius 1 is 1.06 bits per heavy atom. The first-order chi connectivity index (χ1) is 7.91.